The predicted octanol–water partition coefficient (Wildman–Crippen LogP) is 3.52. The highest BCUT2D eigenvalue weighted by Gasteiger charge is 2.15. The van der Waals surface area contributed by atoms with E-state index in [1.54, 1.807) is 18.0 Å². The number of anilines is 1. The number of likely N-dealkylation sites (N-methyl/N-ethyl adjacent to an activating group) is 1. The summed E-state index contributed by atoms with van der Waals surface area (Å²) < 4.78 is 1.37. The first kappa shape index (κ1) is 17.0. The maximum absolute atomic E-state index is 12.9. The number of para-hydroxylation sites is 1. The highest BCUT2D eigenvalue weighted by atomic mass is 16.2. The van der Waals surface area contributed by atoms with Crippen LogP contribution in [0.5, 0.6) is 0 Å². The first-order valence-electron chi connectivity index (χ1n) is 8.75. The highest BCUT2D eigenvalue weighted by molar-refractivity contribution is 6.03. The largest absolute Gasteiger partial charge is 0.313 e. The minimum absolute atomic E-state index is 0.0601. The lowest BCUT2D eigenvalue weighted by molar-refractivity contribution is -0.118. The van der Waals surface area contributed by atoms with Gasteiger partial charge in [-0.2, -0.15) is 0 Å². The number of hydrogen-bond acceptors (Lipinski definition) is 3. The summed E-state index contributed by atoms with van der Waals surface area (Å²) in [7, 11) is 1.73. The van der Waals surface area contributed by atoms with Crippen molar-refractivity contribution in [2.75, 3.05) is 11.9 Å². The van der Waals surface area contributed by atoms with Gasteiger partial charge in [-0.1, -0.05) is 48.5 Å². The van der Waals surface area contributed by atoms with E-state index in [0.717, 1.165) is 22.0 Å². The fourth-order valence-corrected chi connectivity index (χ4v) is 3.34. The Morgan fingerprint density at radius 1 is 1.00 bits per heavy atom. The van der Waals surface area contributed by atoms with E-state index >= 15 is 0 Å². The van der Waals surface area contributed by atoms with Gasteiger partial charge in [-0.25, -0.2) is 4.98 Å². The molecule has 0 bridgehead atoms. The monoisotopic (exact) mass is 357 g/mol. The van der Waals surface area contributed by atoms with E-state index in [4.69, 9.17) is 0 Å². The average molecular weight is 357 g/mol. The molecule has 1 aromatic heterocycles. The van der Waals surface area contributed by atoms with Crippen LogP contribution in [0.3, 0.4) is 0 Å². The zero-order valence-corrected chi connectivity index (χ0v) is 15.2. The molecule has 0 saturated heterocycles. The number of hydrogen-bond donors (Lipinski definition) is 0. The molecule has 0 spiro atoms. The molecule has 27 heavy (non-hydrogen) atoms. The number of aryl methyl sites for hydroxylation is 1. The van der Waals surface area contributed by atoms with Gasteiger partial charge in [0.2, 0.25) is 5.91 Å². The summed E-state index contributed by atoms with van der Waals surface area (Å²) in [5, 5.41) is 2.59. The van der Waals surface area contributed by atoms with E-state index < -0.39 is 0 Å². The minimum Gasteiger partial charge on any atom is -0.313 e. The normalized spacial score (nSPS) is 11.0. The molecule has 0 fully saturated rings. The van der Waals surface area contributed by atoms with Gasteiger partial charge < -0.3 is 4.90 Å². The van der Waals surface area contributed by atoms with Crippen LogP contribution in [-0.2, 0) is 11.3 Å². The zero-order valence-electron chi connectivity index (χ0n) is 15.2. The number of aromatic nitrogens is 2. The minimum atomic E-state index is -0.205. The van der Waals surface area contributed by atoms with Gasteiger partial charge in [-0.05, 0) is 30.0 Å². The smallest absolute Gasteiger partial charge is 0.261 e. The second kappa shape index (κ2) is 6.68. The summed E-state index contributed by atoms with van der Waals surface area (Å²) in [6, 6.07) is 19.2. The molecule has 0 aliphatic rings. The van der Waals surface area contributed by atoms with Crippen LogP contribution in [0.4, 0.5) is 5.69 Å². The van der Waals surface area contributed by atoms with Crippen molar-refractivity contribution in [1.82, 2.24) is 9.55 Å². The van der Waals surface area contributed by atoms with Gasteiger partial charge in [0.25, 0.3) is 5.56 Å². The molecule has 0 saturated carbocycles. The number of nitrogens with zero attached hydrogens (tertiary/aromatic N) is 3. The summed E-state index contributed by atoms with van der Waals surface area (Å²) in [6.45, 7) is 1.86. The van der Waals surface area contributed by atoms with Gasteiger partial charge in [-0.15, -0.1) is 0 Å². The molecule has 134 valence electrons. The molecule has 4 aromatic rings. The number of amides is 1. The van der Waals surface area contributed by atoms with Crippen LogP contribution in [0.25, 0.3) is 21.7 Å². The molecule has 0 radical (unpaired) electrons. The SMILES string of the molecule is Cc1cccc2c(=O)n(CC(=O)N(C)c3cccc4ccccc34)cnc12. The van der Waals surface area contributed by atoms with Crippen LogP contribution in [0.2, 0.25) is 0 Å². The molecule has 0 unspecified atom stereocenters. The van der Waals surface area contributed by atoms with Crippen molar-refractivity contribution in [3.63, 3.8) is 0 Å². The van der Waals surface area contributed by atoms with Gasteiger partial charge in [0.1, 0.15) is 6.54 Å². The molecule has 3 aromatic carbocycles. The maximum atomic E-state index is 12.9. The van der Waals surface area contributed by atoms with Crippen molar-refractivity contribution in [1.29, 1.82) is 0 Å². The predicted molar refractivity (Wildman–Crippen MR) is 108 cm³/mol. The third-order valence-electron chi connectivity index (χ3n) is 4.86. The van der Waals surface area contributed by atoms with Crippen molar-refractivity contribution in [2.45, 2.75) is 13.5 Å². The Morgan fingerprint density at radius 3 is 2.56 bits per heavy atom. The van der Waals surface area contributed by atoms with Crippen LogP contribution in [0.15, 0.2) is 71.8 Å². The fourth-order valence-electron chi connectivity index (χ4n) is 3.34. The zero-order chi connectivity index (χ0) is 19.0. The summed E-state index contributed by atoms with van der Waals surface area (Å²) in [5.74, 6) is -0.178. The Labute approximate surface area is 156 Å². The highest BCUT2D eigenvalue weighted by Crippen LogP contribution is 2.26. The van der Waals surface area contributed by atoms with E-state index in [0.29, 0.717) is 10.9 Å². The first-order chi connectivity index (χ1) is 13.1. The van der Waals surface area contributed by atoms with Gasteiger partial charge >= 0.3 is 0 Å². The summed E-state index contributed by atoms with van der Waals surface area (Å²) in [4.78, 5) is 31.6. The summed E-state index contributed by atoms with van der Waals surface area (Å²) in [5.41, 5.74) is 2.23. The van der Waals surface area contributed by atoms with E-state index in [1.807, 2.05) is 61.5 Å². The fraction of sp³-hybridized carbons (Fsp3) is 0.136. The summed E-state index contributed by atoms with van der Waals surface area (Å²) >= 11 is 0. The topological polar surface area (TPSA) is 55.2 Å². The quantitative estimate of drug-likeness (QED) is 0.564. The van der Waals surface area contributed by atoms with E-state index in [9.17, 15) is 9.59 Å². The Morgan fingerprint density at radius 2 is 1.70 bits per heavy atom. The van der Waals surface area contributed by atoms with Crippen LogP contribution < -0.4 is 10.5 Å². The second-order valence-corrected chi connectivity index (χ2v) is 6.60. The van der Waals surface area contributed by atoms with Crippen molar-refractivity contribution in [3.8, 4) is 0 Å². The van der Waals surface area contributed by atoms with E-state index in [1.165, 1.54) is 10.9 Å². The molecule has 0 atom stereocenters. The Bertz CT molecular complexity index is 1220. The molecule has 5 heteroatoms. The molecule has 1 heterocycles. The number of benzene rings is 3. The van der Waals surface area contributed by atoms with Crippen LogP contribution in [0.1, 0.15) is 5.56 Å². The van der Waals surface area contributed by atoms with Crippen molar-refractivity contribution < 1.29 is 4.79 Å². The molecule has 0 N–H and O–H groups in total. The average Bonchev–Trinajstić information content (AvgIpc) is 2.69. The van der Waals surface area contributed by atoms with E-state index in [2.05, 4.69) is 4.98 Å². The number of carbonyl (C=O) groups is 1. The number of rotatable bonds is 3. The molecule has 0 aliphatic heterocycles. The second-order valence-electron chi connectivity index (χ2n) is 6.60. The Kier molecular flexibility index (Phi) is 4.20. The lowest BCUT2D eigenvalue weighted by atomic mass is 10.1. The van der Waals surface area contributed by atoms with Crippen molar-refractivity contribution >= 4 is 33.3 Å². The molecule has 5 nitrogen and oxygen atoms in total. The van der Waals surface area contributed by atoms with Crippen LogP contribution >= 0.6 is 0 Å². The van der Waals surface area contributed by atoms with E-state index in [-0.39, 0.29) is 18.0 Å². The van der Waals surface area contributed by atoms with Gasteiger partial charge in [0.05, 0.1) is 22.9 Å². The number of carbonyl (C=O) groups excluding carboxylic acids is 1. The van der Waals surface area contributed by atoms with Crippen molar-refractivity contribution in [2.24, 2.45) is 0 Å². The Balaban J connectivity index is 1.69. The molecule has 1 amide bonds. The summed E-state index contributed by atoms with van der Waals surface area (Å²) in [6.07, 6.45) is 1.45. The van der Waals surface area contributed by atoms with Gasteiger partial charge in [0.15, 0.2) is 0 Å². The third kappa shape index (κ3) is 2.97. The maximum Gasteiger partial charge on any atom is 0.261 e. The van der Waals surface area contributed by atoms with Crippen LogP contribution in [-0.4, -0.2) is 22.5 Å². The lowest BCUT2D eigenvalue weighted by Crippen LogP contribution is -2.34. The molecular weight excluding hydrogens is 338 g/mol. The van der Waals surface area contributed by atoms with Crippen molar-refractivity contribution in [3.05, 3.63) is 82.9 Å². The standard InChI is InChI=1S/C22H19N3O2/c1-15-7-5-11-18-21(15)23-14-25(22(18)27)13-20(26)24(2)19-12-6-9-16-8-3-4-10-17(16)19/h3-12,14H,13H2,1-2H3. The lowest BCUT2D eigenvalue weighted by Gasteiger charge is -2.20. The van der Waals surface area contributed by atoms with Gasteiger partial charge in [0, 0.05) is 12.4 Å². The first-order valence-corrected chi connectivity index (χ1v) is 8.75. The molecular formula is C22H19N3O2. The van der Waals surface area contributed by atoms with Crippen LogP contribution in [0, 0.1) is 6.92 Å². The Hall–Kier alpha value is -3.47. The molecule has 0 aliphatic carbocycles. The molecule has 4 rings (SSSR count). The van der Waals surface area contributed by atoms with Gasteiger partial charge in [-0.3, -0.25) is 14.2 Å². The number of fused-ring (bicyclic) bond motifs is 2. The third-order valence-corrected chi connectivity index (χ3v) is 4.86.